The Morgan fingerprint density at radius 2 is 1.83 bits per heavy atom. The number of aliphatic carboxylic acids is 1. The minimum atomic E-state index is -1.55. The summed E-state index contributed by atoms with van der Waals surface area (Å²) in [5, 5.41) is 17.9. The van der Waals surface area contributed by atoms with E-state index in [0.717, 1.165) is 0 Å². The Morgan fingerprint density at radius 3 is 1.83 bits per heavy atom. The Hall–Kier alpha value is -0.0505. The third kappa shape index (κ3) is 9.04. The number of hydrogen-bond acceptors (Lipinski definition) is 3. The van der Waals surface area contributed by atoms with Crippen LogP contribution in [0.1, 0.15) is 0 Å². The van der Waals surface area contributed by atoms with E-state index in [4.69, 9.17) is 15.0 Å². The molecule has 0 aromatic carbocycles. The molecular formula is C2H2CuO3. The molecule has 0 unspecified atom stereocenters. The van der Waals surface area contributed by atoms with Gasteiger partial charge in [-0.1, -0.05) is 6.61 Å². The van der Waals surface area contributed by atoms with Gasteiger partial charge < -0.3 is 15.0 Å². The van der Waals surface area contributed by atoms with Gasteiger partial charge in [0.1, 0.15) is 0 Å². The van der Waals surface area contributed by atoms with Crippen LogP contribution < -0.4 is 10.2 Å². The Labute approximate surface area is 45.4 Å². The van der Waals surface area contributed by atoms with Gasteiger partial charge in [0.15, 0.2) is 0 Å². The van der Waals surface area contributed by atoms with E-state index in [9.17, 15) is 0 Å². The van der Waals surface area contributed by atoms with E-state index in [0.29, 0.717) is 0 Å². The molecule has 0 bridgehead atoms. The molecule has 1 radical (unpaired) electrons. The average molecular weight is 138 g/mol. The monoisotopic (exact) mass is 137 g/mol. The summed E-state index contributed by atoms with van der Waals surface area (Å²) < 4.78 is 0. The van der Waals surface area contributed by atoms with Crippen LogP contribution in [0.5, 0.6) is 0 Å². The zero-order chi connectivity index (χ0) is 4.28. The van der Waals surface area contributed by atoms with Gasteiger partial charge in [0, 0.05) is 5.97 Å². The summed E-state index contributed by atoms with van der Waals surface area (Å²) in [6.45, 7) is -1.14. The largest absolute Gasteiger partial charge is 2.00 e. The van der Waals surface area contributed by atoms with Crippen LogP contribution in [0, 0.1) is 0 Å². The summed E-state index contributed by atoms with van der Waals surface area (Å²) in [6.07, 6.45) is 0. The molecule has 0 spiro atoms. The molecule has 0 N–H and O–H groups in total. The minimum Gasteiger partial charge on any atom is -0.850 e. The van der Waals surface area contributed by atoms with Gasteiger partial charge in [-0.3, -0.25) is 0 Å². The molecule has 6 heavy (non-hydrogen) atoms. The van der Waals surface area contributed by atoms with Crippen LogP contribution >= 0.6 is 0 Å². The van der Waals surface area contributed by atoms with Crippen molar-refractivity contribution in [3.8, 4) is 0 Å². The van der Waals surface area contributed by atoms with Crippen molar-refractivity contribution in [3.05, 3.63) is 0 Å². The summed E-state index contributed by atoms with van der Waals surface area (Å²) >= 11 is 0. The van der Waals surface area contributed by atoms with Crippen molar-refractivity contribution in [1.82, 2.24) is 0 Å². The number of carbonyl (C=O) groups excluding carboxylic acids is 1. The van der Waals surface area contributed by atoms with E-state index >= 15 is 0 Å². The molecule has 0 atom stereocenters. The SMILES string of the molecule is O=C([O-])C[O-].[Cu+2]. The van der Waals surface area contributed by atoms with Crippen molar-refractivity contribution in [1.29, 1.82) is 0 Å². The molecule has 0 saturated heterocycles. The van der Waals surface area contributed by atoms with E-state index in [1.807, 2.05) is 0 Å². The molecule has 0 aromatic heterocycles. The predicted molar refractivity (Wildman–Crippen MR) is 9.87 cm³/mol. The fourth-order valence-electron chi connectivity index (χ4n) is 0. The molecule has 0 aliphatic carbocycles. The molecule has 0 heterocycles. The van der Waals surface area contributed by atoms with Gasteiger partial charge in [-0.2, -0.15) is 0 Å². The fourth-order valence-corrected chi connectivity index (χ4v) is 0. The summed E-state index contributed by atoms with van der Waals surface area (Å²) in [7, 11) is 0. The molecule has 0 aromatic rings. The van der Waals surface area contributed by atoms with Crippen molar-refractivity contribution in [3.63, 3.8) is 0 Å². The molecule has 3 nitrogen and oxygen atoms in total. The quantitative estimate of drug-likeness (QED) is 0.364. The Balaban J connectivity index is 0. The first kappa shape index (κ1) is 9.34. The number of hydrogen-bond donors (Lipinski definition) is 0. The van der Waals surface area contributed by atoms with E-state index in [-0.39, 0.29) is 17.1 Å². The van der Waals surface area contributed by atoms with Gasteiger partial charge >= 0.3 is 17.1 Å². The third-order valence-electron chi connectivity index (χ3n) is 0.118. The summed E-state index contributed by atoms with van der Waals surface area (Å²) in [5.74, 6) is -1.55. The minimum absolute atomic E-state index is 0. The smallest absolute Gasteiger partial charge is 0.850 e. The summed E-state index contributed by atoms with van der Waals surface area (Å²) in [4.78, 5) is 8.94. The Kier molecular flexibility index (Phi) is 7.71. The van der Waals surface area contributed by atoms with Crippen LogP contribution in [0.3, 0.4) is 0 Å². The van der Waals surface area contributed by atoms with Crippen LogP contribution in [0.25, 0.3) is 0 Å². The molecule has 0 rings (SSSR count). The van der Waals surface area contributed by atoms with E-state index < -0.39 is 12.6 Å². The second-order valence-corrected chi connectivity index (χ2v) is 0.516. The second kappa shape index (κ2) is 4.95. The maximum Gasteiger partial charge on any atom is 2.00 e. The molecule has 4 heteroatoms. The Morgan fingerprint density at radius 1 is 1.67 bits per heavy atom. The summed E-state index contributed by atoms with van der Waals surface area (Å²) in [5.41, 5.74) is 0. The normalized spacial score (nSPS) is 6.17. The van der Waals surface area contributed by atoms with E-state index in [2.05, 4.69) is 0 Å². The van der Waals surface area contributed by atoms with E-state index in [1.54, 1.807) is 0 Å². The molecule has 0 fully saturated rings. The molecule has 0 saturated carbocycles. The van der Waals surface area contributed by atoms with Crippen molar-refractivity contribution >= 4 is 5.97 Å². The van der Waals surface area contributed by atoms with Crippen molar-refractivity contribution in [2.75, 3.05) is 6.61 Å². The van der Waals surface area contributed by atoms with Crippen LogP contribution in [-0.4, -0.2) is 12.6 Å². The maximum atomic E-state index is 8.97. The van der Waals surface area contributed by atoms with Gasteiger partial charge in [-0.25, -0.2) is 0 Å². The second-order valence-electron chi connectivity index (χ2n) is 0.516. The zero-order valence-corrected chi connectivity index (χ0v) is 3.68. The van der Waals surface area contributed by atoms with Gasteiger partial charge in [0.25, 0.3) is 0 Å². The maximum absolute atomic E-state index is 8.97. The third-order valence-corrected chi connectivity index (χ3v) is 0.118. The topological polar surface area (TPSA) is 63.2 Å². The number of rotatable bonds is 1. The predicted octanol–water partition coefficient (Wildman–Crippen LogP) is -2.91. The molecule has 39 valence electrons. The summed E-state index contributed by atoms with van der Waals surface area (Å²) in [6, 6.07) is 0. The average Bonchev–Trinajstić information content (AvgIpc) is 1.38. The molecule has 0 aliphatic rings. The molecule has 0 amide bonds. The first-order valence-electron chi connectivity index (χ1n) is 1.05. The van der Waals surface area contributed by atoms with Crippen LogP contribution in [0.2, 0.25) is 0 Å². The van der Waals surface area contributed by atoms with Gasteiger partial charge in [0.05, 0.1) is 0 Å². The number of carboxylic acid groups (broad SMARTS) is 1. The number of carboxylic acids is 1. The van der Waals surface area contributed by atoms with Crippen molar-refractivity contribution < 1.29 is 32.1 Å². The zero-order valence-electron chi connectivity index (χ0n) is 2.73. The first-order chi connectivity index (χ1) is 2.27. The fraction of sp³-hybridized carbons (Fsp3) is 0.500. The van der Waals surface area contributed by atoms with Crippen LogP contribution in [0.4, 0.5) is 0 Å². The van der Waals surface area contributed by atoms with Crippen molar-refractivity contribution in [2.45, 2.75) is 0 Å². The van der Waals surface area contributed by atoms with Gasteiger partial charge in [-0.05, 0) is 0 Å². The molecular weight excluding hydrogens is 136 g/mol. The van der Waals surface area contributed by atoms with Crippen LogP contribution in [0.15, 0.2) is 0 Å². The van der Waals surface area contributed by atoms with Crippen molar-refractivity contribution in [2.24, 2.45) is 0 Å². The van der Waals surface area contributed by atoms with E-state index in [1.165, 1.54) is 0 Å². The standard InChI is InChI=1S/C2H3O3.Cu/c3-1-2(4)5;/h1H2,(H,4,5);/q-1;+2/p-1. The first-order valence-corrected chi connectivity index (χ1v) is 1.05. The number of carbonyl (C=O) groups is 1. The van der Waals surface area contributed by atoms with Gasteiger partial charge in [0.2, 0.25) is 0 Å². The Bertz CT molecular complexity index is 44.1. The van der Waals surface area contributed by atoms with Crippen LogP contribution in [-0.2, 0) is 21.9 Å². The molecule has 0 aliphatic heterocycles. The van der Waals surface area contributed by atoms with Gasteiger partial charge in [-0.15, -0.1) is 0 Å².